The minimum atomic E-state index is -3.64. The normalized spacial score (nSPS) is 17.6. The maximum atomic E-state index is 12.9. The van der Waals surface area contributed by atoms with Gasteiger partial charge in [-0.15, -0.1) is 0 Å². The number of hydrogen-bond donors (Lipinski definition) is 0. The second kappa shape index (κ2) is 7.80. The molecule has 1 aliphatic heterocycles. The van der Waals surface area contributed by atoms with E-state index in [1.165, 1.54) is 9.87 Å². The number of aromatic nitrogens is 1. The molecule has 0 amide bonds. The first-order valence-corrected chi connectivity index (χ1v) is 10.5. The van der Waals surface area contributed by atoms with Gasteiger partial charge in [0.1, 0.15) is 16.6 Å². The van der Waals surface area contributed by atoms with Crippen molar-refractivity contribution in [2.75, 3.05) is 26.2 Å². The quantitative estimate of drug-likeness (QED) is 0.781. The summed E-state index contributed by atoms with van der Waals surface area (Å²) in [6, 6.07) is 10.0. The third-order valence-corrected chi connectivity index (χ3v) is 7.17. The number of rotatable bonds is 5. The molecule has 1 atom stereocenters. The van der Waals surface area contributed by atoms with Crippen molar-refractivity contribution in [2.45, 2.75) is 38.1 Å². The molecule has 7 nitrogen and oxygen atoms in total. The summed E-state index contributed by atoms with van der Waals surface area (Å²) >= 11 is 0. The number of piperazine rings is 1. The molecule has 3 rings (SSSR count). The monoisotopic (exact) mass is 388 g/mol. The smallest absolute Gasteiger partial charge is 0.248 e. The molecule has 1 unspecified atom stereocenters. The second-order valence-electron chi connectivity index (χ2n) is 6.72. The molecule has 2 heterocycles. The van der Waals surface area contributed by atoms with Gasteiger partial charge in [-0.2, -0.15) is 9.57 Å². The highest BCUT2D eigenvalue weighted by molar-refractivity contribution is 7.89. The molecule has 1 aromatic heterocycles. The molecular weight excluding hydrogens is 364 g/mol. The SMILES string of the molecule is CCc1ccc(C(C#N)N2CCN(S(=O)(=O)c3c(C)noc3C)CC2)cc1. The first-order valence-electron chi connectivity index (χ1n) is 9.04. The van der Waals surface area contributed by atoms with Crippen molar-refractivity contribution in [2.24, 2.45) is 0 Å². The molecule has 1 aliphatic rings. The molecule has 0 saturated carbocycles. The van der Waals surface area contributed by atoms with Crippen LogP contribution >= 0.6 is 0 Å². The van der Waals surface area contributed by atoms with Crippen molar-refractivity contribution in [1.29, 1.82) is 5.26 Å². The third-order valence-electron chi connectivity index (χ3n) is 5.03. The highest BCUT2D eigenvalue weighted by atomic mass is 32.2. The van der Waals surface area contributed by atoms with Crippen LogP contribution in [0.25, 0.3) is 0 Å². The fourth-order valence-corrected chi connectivity index (χ4v) is 5.19. The van der Waals surface area contributed by atoms with Gasteiger partial charge in [0.15, 0.2) is 5.76 Å². The largest absolute Gasteiger partial charge is 0.360 e. The molecule has 0 radical (unpaired) electrons. The van der Waals surface area contributed by atoms with Crippen molar-refractivity contribution < 1.29 is 12.9 Å². The van der Waals surface area contributed by atoms with Gasteiger partial charge in [-0.05, 0) is 31.4 Å². The molecule has 0 bridgehead atoms. The van der Waals surface area contributed by atoms with Gasteiger partial charge in [-0.1, -0.05) is 36.3 Å². The van der Waals surface area contributed by atoms with Crippen LogP contribution in [0.1, 0.15) is 35.5 Å². The molecule has 1 fully saturated rings. The van der Waals surface area contributed by atoms with Crippen LogP contribution in [-0.2, 0) is 16.4 Å². The van der Waals surface area contributed by atoms with Crippen molar-refractivity contribution in [3.05, 3.63) is 46.8 Å². The van der Waals surface area contributed by atoms with Gasteiger partial charge in [-0.25, -0.2) is 8.42 Å². The van der Waals surface area contributed by atoms with Crippen molar-refractivity contribution in [1.82, 2.24) is 14.4 Å². The Morgan fingerprint density at radius 1 is 1.19 bits per heavy atom. The summed E-state index contributed by atoms with van der Waals surface area (Å²) in [6.45, 7) is 6.98. The first kappa shape index (κ1) is 19.5. The summed E-state index contributed by atoms with van der Waals surface area (Å²) in [5.74, 6) is 0.306. The van der Waals surface area contributed by atoms with Crippen molar-refractivity contribution in [3.8, 4) is 6.07 Å². The number of nitriles is 1. The first-order chi connectivity index (χ1) is 12.9. The summed E-state index contributed by atoms with van der Waals surface area (Å²) in [6.07, 6.45) is 0.954. The van der Waals surface area contributed by atoms with E-state index < -0.39 is 10.0 Å². The predicted octanol–water partition coefficient (Wildman–Crippen LogP) is 2.43. The van der Waals surface area contributed by atoms with E-state index in [1.54, 1.807) is 13.8 Å². The average molecular weight is 388 g/mol. The minimum Gasteiger partial charge on any atom is -0.360 e. The predicted molar refractivity (Wildman–Crippen MR) is 100 cm³/mol. The van der Waals surface area contributed by atoms with Gasteiger partial charge in [0.05, 0.1) is 6.07 Å². The average Bonchev–Trinajstić information content (AvgIpc) is 3.02. The molecule has 0 aliphatic carbocycles. The van der Waals surface area contributed by atoms with Gasteiger partial charge in [0.25, 0.3) is 0 Å². The minimum absolute atomic E-state index is 0.155. The molecule has 0 spiro atoms. The number of benzene rings is 1. The summed E-state index contributed by atoms with van der Waals surface area (Å²) in [5.41, 5.74) is 2.54. The zero-order valence-corrected chi connectivity index (χ0v) is 16.7. The van der Waals surface area contributed by atoms with Gasteiger partial charge >= 0.3 is 0 Å². The van der Waals surface area contributed by atoms with Gasteiger partial charge in [0.2, 0.25) is 10.0 Å². The molecule has 27 heavy (non-hydrogen) atoms. The summed E-state index contributed by atoms with van der Waals surface area (Å²) in [5, 5.41) is 13.4. The fourth-order valence-electron chi connectivity index (χ4n) is 3.48. The Labute approximate surface area is 160 Å². The zero-order chi connectivity index (χ0) is 19.6. The van der Waals surface area contributed by atoms with E-state index in [1.807, 2.05) is 29.2 Å². The molecule has 2 aromatic rings. The van der Waals surface area contributed by atoms with E-state index in [2.05, 4.69) is 18.1 Å². The van der Waals surface area contributed by atoms with E-state index >= 15 is 0 Å². The maximum absolute atomic E-state index is 12.9. The molecule has 1 aromatic carbocycles. The van der Waals surface area contributed by atoms with Crippen molar-refractivity contribution >= 4 is 10.0 Å². The highest BCUT2D eigenvalue weighted by Gasteiger charge is 2.35. The summed E-state index contributed by atoms with van der Waals surface area (Å²) in [7, 11) is -3.64. The van der Waals surface area contributed by atoms with Gasteiger partial charge in [-0.3, -0.25) is 4.90 Å². The van der Waals surface area contributed by atoms with Crippen LogP contribution in [0.2, 0.25) is 0 Å². The van der Waals surface area contributed by atoms with Crippen LogP contribution < -0.4 is 0 Å². The topological polar surface area (TPSA) is 90.4 Å². The van der Waals surface area contributed by atoms with Gasteiger partial charge in [0, 0.05) is 26.2 Å². The lowest BCUT2D eigenvalue weighted by atomic mass is 10.0. The van der Waals surface area contributed by atoms with Gasteiger partial charge < -0.3 is 4.52 Å². The summed E-state index contributed by atoms with van der Waals surface area (Å²) in [4.78, 5) is 2.18. The van der Waals surface area contributed by atoms with Crippen LogP contribution in [0.5, 0.6) is 0 Å². The van der Waals surface area contributed by atoms with E-state index in [0.717, 1.165) is 12.0 Å². The number of aryl methyl sites for hydroxylation is 3. The Bertz CT molecular complexity index is 917. The number of hydrogen-bond acceptors (Lipinski definition) is 6. The highest BCUT2D eigenvalue weighted by Crippen LogP contribution is 2.27. The Morgan fingerprint density at radius 2 is 1.81 bits per heavy atom. The Morgan fingerprint density at radius 3 is 2.30 bits per heavy atom. The van der Waals surface area contributed by atoms with Crippen molar-refractivity contribution in [3.63, 3.8) is 0 Å². The summed E-state index contributed by atoms with van der Waals surface area (Å²) < 4.78 is 32.3. The lowest BCUT2D eigenvalue weighted by Crippen LogP contribution is -2.49. The standard InChI is InChI=1S/C19H24N4O3S/c1-4-16-5-7-17(8-6-16)18(13-20)22-9-11-23(12-10-22)27(24,25)19-14(2)21-26-15(19)3/h5-8,18H,4,9-12H2,1-3H3. The Kier molecular flexibility index (Phi) is 5.65. The van der Waals surface area contributed by atoms with Crippen LogP contribution in [0.4, 0.5) is 0 Å². The van der Waals surface area contributed by atoms with Crippen LogP contribution in [-0.4, -0.2) is 49.0 Å². The lowest BCUT2D eigenvalue weighted by molar-refractivity contribution is 0.162. The molecule has 144 valence electrons. The lowest BCUT2D eigenvalue weighted by Gasteiger charge is -2.36. The molecule has 0 N–H and O–H groups in total. The van der Waals surface area contributed by atoms with E-state index in [4.69, 9.17) is 4.52 Å². The van der Waals surface area contributed by atoms with E-state index in [9.17, 15) is 13.7 Å². The maximum Gasteiger partial charge on any atom is 0.248 e. The molecular formula is C19H24N4O3S. The molecule has 8 heteroatoms. The number of nitrogens with zero attached hydrogens (tertiary/aromatic N) is 4. The van der Waals surface area contributed by atoms with E-state index in [-0.39, 0.29) is 10.9 Å². The van der Waals surface area contributed by atoms with Crippen LogP contribution in [0.3, 0.4) is 0 Å². The van der Waals surface area contributed by atoms with Crippen LogP contribution in [0, 0.1) is 25.2 Å². The van der Waals surface area contributed by atoms with E-state index in [0.29, 0.717) is 37.6 Å². The Balaban J connectivity index is 1.73. The number of sulfonamides is 1. The molecule has 1 saturated heterocycles. The Hall–Kier alpha value is -2.21. The third kappa shape index (κ3) is 3.76. The second-order valence-corrected chi connectivity index (χ2v) is 8.59. The fraction of sp³-hybridized carbons (Fsp3) is 0.474. The zero-order valence-electron chi connectivity index (χ0n) is 15.8. The van der Waals surface area contributed by atoms with Crippen LogP contribution in [0.15, 0.2) is 33.7 Å².